The van der Waals surface area contributed by atoms with Crippen LogP contribution < -0.4 is 19.7 Å². The highest BCUT2D eigenvalue weighted by Crippen LogP contribution is 2.29. The monoisotopic (exact) mass is 512 g/mol. The molecule has 4 amide bonds. The van der Waals surface area contributed by atoms with E-state index < -0.39 is 17.8 Å². The van der Waals surface area contributed by atoms with Gasteiger partial charge >= 0.3 is 6.03 Å². The minimum Gasteiger partial charge on any atom is -0.504 e. The number of nitrogens with zero attached hydrogens (tertiary/aromatic N) is 1. The Morgan fingerprint density at radius 1 is 1.00 bits per heavy atom. The maximum Gasteiger partial charge on any atom is 0.335 e. The van der Waals surface area contributed by atoms with E-state index in [-0.39, 0.29) is 29.4 Å². The van der Waals surface area contributed by atoms with Gasteiger partial charge < -0.3 is 14.6 Å². The molecule has 0 unspecified atom stereocenters. The molecule has 1 heterocycles. The van der Waals surface area contributed by atoms with Crippen molar-refractivity contribution >= 4 is 52.8 Å². The summed E-state index contributed by atoms with van der Waals surface area (Å²) in [7, 11) is 1.38. The number of amides is 4. The number of aromatic hydroxyl groups is 1. The molecule has 4 rings (SSSR count). The standard InChI is InChI=1S/C25H18Cl2N2O6/c1-34-22-11-14(2-9-21(22)30)10-19-23(31)28-25(33)29(24(19)32)17-5-7-18(8-6-17)35-13-15-3-4-16(26)12-20(15)27/h2-12,30H,13H2,1H3,(H,28,31,33)/b19-10+. The van der Waals surface area contributed by atoms with Crippen LogP contribution >= 0.6 is 23.2 Å². The van der Waals surface area contributed by atoms with E-state index in [1.807, 2.05) is 0 Å². The van der Waals surface area contributed by atoms with Crippen molar-refractivity contribution in [2.45, 2.75) is 6.61 Å². The van der Waals surface area contributed by atoms with Gasteiger partial charge in [-0.15, -0.1) is 0 Å². The summed E-state index contributed by atoms with van der Waals surface area (Å²) in [4.78, 5) is 38.8. The molecule has 0 aromatic heterocycles. The maximum absolute atomic E-state index is 13.1. The first kappa shape index (κ1) is 24.1. The van der Waals surface area contributed by atoms with Crippen molar-refractivity contribution in [1.29, 1.82) is 0 Å². The molecule has 2 N–H and O–H groups in total. The van der Waals surface area contributed by atoms with Crippen LogP contribution in [0, 0.1) is 0 Å². The molecule has 3 aromatic carbocycles. The molecule has 3 aromatic rings. The predicted octanol–water partition coefficient (Wildman–Crippen LogP) is 4.95. The van der Waals surface area contributed by atoms with Gasteiger partial charge in [-0.05, 0) is 60.2 Å². The highest BCUT2D eigenvalue weighted by atomic mass is 35.5. The summed E-state index contributed by atoms with van der Waals surface area (Å²) in [5.74, 6) is -1.07. The Morgan fingerprint density at radius 2 is 1.74 bits per heavy atom. The summed E-state index contributed by atoms with van der Waals surface area (Å²) in [6.45, 7) is 0.190. The van der Waals surface area contributed by atoms with Gasteiger partial charge in [0.1, 0.15) is 17.9 Å². The van der Waals surface area contributed by atoms with Gasteiger partial charge in [0.25, 0.3) is 11.8 Å². The van der Waals surface area contributed by atoms with Gasteiger partial charge in [-0.3, -0.25) is 14.9 Å². The molecule has 35 heavy (non-hydrogen) atoms. The SMILES string of the molecule is COc1cc(/C=C2\C(=O)NC(=O)N(c3ccc(OCc4ccc(Cl)cc4Cl)cc3)C2=O)ccc1O. The fourth-order valence-electron chi connectivity index (χ4n) is 3.33. The van der Waals surface area contributed by atoms with Crippen molar-refractivity contribution in [2.24, 2.45) is 0 Å². The van der Waals surface area contributed by atoms with Gasteiger partial charge in [0.2, 0.25) is 0 Å². The smallest absolute Gasteiger partial charge is 0.335 e. The molecule has 1 saturated heterocycles. The summed E-state index contributed by atoms with van der Waals surface area (Å²) in [5, 5.41) is 12.9. The zero-order valence-corrected chi connectivity index (χ0v) is 19.8. The third kappa shape index (κ3) is 5.24. The van der Waals surface area contributed by atoms with Crippen molar-refractivity contribution in [3.63, 3.8) is 0 Å². The number of rotatable bonds is 6. The average molecular weight is 513 g/mol. The molecule has 8 nitrogen and oxygen atoms in total. The van der Waals surface area contributed by atoms with E-state index in [4.69, 9.17) is 32.7 Å². The summed E-state index contributed by atoms with van der Waals surface area (Å²) in [6, 6.07) is 14.8. The largest absolute Gasteiger partial charge is 0.504 e. The molecular weight excluding hydrogens is 495 g/mol. The van der Waals surface area contributed by atoms with Crippen LogP contribution in [0.15, 0.2) is 66.2 Å². The van der Waals surface area contributed by atoms with Crippen LogP contribution in [0.25, 0.3) is 6.08 Å². The lowest BCUT2D eigenvalue weighted by Crippen LogP contribution is -2.54. The number of carbonyl (C=O) groups is 3. The third-order valence-corrected chi connectivity index (χ3v) is 5.71. The Hall–Kier alpha value is -4.01. The average Bonchev–Trinajstić information content (AvgIpc) is 2.83. The second-order valence-corrected chi connectivity index (χ2v) is 8.25. The van der Waals surface area contributed by atoms with Crippen LogP contribution in [-0.4, -0.2) is 30.1 Å². The van der Waals surface area contributed by atoms with Crippen molar-refractivity contribution in [2.75, 3.05) is 12.0 Å². The van der Waals surface area contributed by atoms with E-state index in [0.717, 1.165) is 10.5 Å². The van der Waals surface area contributed by atoms with E-state index in [1.165, 1.54) is 43.5 Å². The van der Waals surface area contributed by atoms with Gasteiger partial charge in [-0.25, -0.2) is 9.69 Å². The highest BCUT2D eigenvalue weighted by molar-refractivity contribution is 6.39. The topological polar surface area (TPSA) is 105 Å². The first-order chi connectivity index (χ1) is 16.8. The number of hydrogen-bond acceptors (Lipinski definition) is 6. The second-order valence-electron chi connectivity index (χ2n) is 7.41. The number of methoxy groups -OCH3 is 1. The number of halogens is 2. The van der Waals surface area contributed by atoms with Gasteiger partial charge in [0, 0.05) is 15.6 Å². The van der Waals surface area contributed by atoms with E-state index in [1.54, 1.807) is 30.3 Å². The number of benzene rings is 3. The van der Waals surface area contributed by atoms with Gasteiger partial charge in [-0.2, -0.15) is 0 Å². The number of urea groups is 1. The molecule has 1 fully saturated rings. The van der Waals surface area contributed by atoms with Crippen LogP contribution in [0.4, 0.5) is 10.5 Å². The quantitative estimate of drug-likeness (QED) is 0.357. The molecule has 1 aliphatic rings. The molecule has 0 saturated carbocycles. The Kier molecular flexibility index (Phi) is 6.95. The second kappa shape index (κ2) is 10.1. The van der Waals surface area contributed by atoms with Gasteiger partial charge in [0.05, 0.1) is 12.8 Å². The minimum absolute atomic E-state index is 0.0912. The molecular formula is C25H18Cl2N2O6. The minimum atomic E-state index is -0.873. The number of phenolic OH excluding ortho intramolecular Hbond substituents is 1. The molecule has 1 aliphatic heterocycles. The van der Waals surface area contributed by atoms with Crippen LogP contribution in [0.2, 0.25) is 10.0 Å². The number of phenols is 1. The molecule has 10 heteroatoms. The van der Waals surface area contributed by atoms with Crippen molar-refractivity contribution in [1.82, 2.24) is 5.32 Å². The van der Waals surface area contributed by atoms with E-state index in [9.17, 15) is 19.5 Å². The summed E-state index contributed by atoms with van der Waals surface area (Å²) < 4.78 is 10.8. The number of ether oxygens (including phenoxy) is 2. The Morgan fingerprint density at radius 3 is 2.43 bits per heavy atom. The van der Waals surface area contributed by atoms with Crippen molar-refractivity contribution in [3.8, 4) is 17.2 Å². The fraction of sp³-hybridized carbons (Fsp3) is 0.0800. The van der Waals surface area contributed by atoms with Crippen LogP contribution in [0.1, 0.15) is 11.1 Å². The third-order valence-electron chi connectivity index (χ3n) is 5.12. The maximum atomic E-state index is 13.1. The number of imide groups is 2. The first-order valence-electron chi connectivity index (χ1n) is 10.2. The number of anilines is 1. The zero-order chi connectivity index (χ0) is 25.1. The Labute approximate surface area is 210 Å². The molecule has 0 bridgehead atoms. The Balaban J connectivity index is 1.54. The number of barbiturate groups is 1. The van der Waals surface area contributed by atoms with Gasteiger partial charge in [-0.1, -0.05) is 35.3 Å². The molecule has 0 spiro atoms. The molecule has 178 valence electrons. The van der Waals surface area contributed by atoms with Crippen molar-refractivity contribution < 1.29 is 29.0 Å². The van der Waals surface area contributed by atoms with Crippen molar-refractivity contribution in [3.05, 3.63) is 87.4 Å². The van der Waals surface area contributed by atoms with E-state index in [0.29, 0.717) is 21.4 Å². The van der Waals surface area contributed by atoms with Gasteiger partial charge in [0.15, 0.2) is 11.5 Å². The van der Waals surface area contributed by atoms with E-state index in [2.05, 4.69) is 5.32 Å². The number of carbonyl (C=O) groups excluding carboxylic acids is 3. The normalized spacial score (nSPS) is 14.8. The van der Waals surface area contributed by atoms with Crippen LogP contribution in [-0.2, 0) is 16.2 Å². The summed E-state index contributed by atoms with van der Waals surface area (Å²) in [5.41, 5.74) is 1.16. The zero-order valence-electron chi connectivity index (χ0n) is 18.2. The lowest BCUT2D eigenvalue weighted by atomic mass is 10.1. The van der Waals surface area contributed by atoms with E-state index >= 15 is 0 Å². The number of hydrogen-bond donors (Lipinski definition) is 2. The number of nitrogens with one attached hydrogen (secondary N) is 1. The predicted molar refractivity (Wildman–Crippen MR) is 131 cm³/mol. The first-order valence-corrected chi connectivity index (χ1v) is 11.0. The lowest BCUT2D eigenvalue weighted by molar-refractivity contribution is -0.122. The van der Waals surface area contributed by atoms with Crippen LogP contribution in [0.5, 0.6) is 17.2 Å². The molecule has 0 radical (unpaired) electrons. The highest BCUT2D eigenvalue weighted by Gasteiger charge is 2.36. The Bertz CT molecular complexity index is 1350. The molecule has 0 aliphatic carbocycles. The summed E-state index contributed by atoms with van der Waals surface area (Å²) in [6.07, 6.45) is 1.31. The van der Waals surface area contributed by atoms with Crippen LogP contribution in [0.3, 0.4) is 0 Å². The summed E-state index contributed by atoms with van der Waals surface area (Å²) >= 11 is 12.1. The lowest BCUT2D eigenvalue weighted by Gasteiger charge is -2.26. The fourth-order valence-corrected chi connectivity index (χ4v) is 3.80. The molecule has 0 atom stereocenters.